The van der Waals surface area contributed by atoms with Crippen LogP contribution in [-0.4, -0.2) is 33.4 Å². The van der Waals surface area contributed by atoms with Gasteiger partial charge < -0.3 is 9.84 Å². The summed E-state index contributed by atoms with van der Waals surface area (Å²) in [6.07, 6.45) is -2.80. The number of hydrogen-bond donors (Lipinski definition) is 2. The molecule has 0 aliphatic heterocycles. The summed E-state index contributed by atoms with van der Waals surface area (Å²) in [6.45, 7) is -0.232. The third-order valence-electron chi connectivity index (χ3n) is 3.67. The highest BCUT2D eigenvalue weighted by Gasteiger charge is 2.30. The Bertz CT molecular complexity index is 965. The van der Waals surface area contributed by atoms with E-state index in [4.69, 9.17) is 9.84 Å². The first-order chi connectivity index (χ1) is 12.9. The Morgan fingerprint density at radius 1 is 1.19 bits per heavy atom. The standard InChI is InChI=1S/C17H14F3N3O4/c18-17(19,20)11-3-1-10(2-4-11)9-12-14(15-22-16(25)27-23-15)13(5-6-21-12)26-8-7-24/h1-6,24H,7-9H2,(H,22,23,25). The minimum atomic E-state index is -4.42. The van der Waals surface area contributed by atoms with Gasteiger partial charge in [-0.05, 0) is 23.8 Å². The van der Waals surface area contributed by atoms with Gasteiger partial charge in [0.2, 0.25) is 0 Å². The molecule has 0 aliphatic rings. The molecule has 2 heterocycles. The smallest absolute Gasteiger partial charge is 0.439 e. The van der Waals surface area contributed by atoms with E-state index in [1.807, 2.05) is 0 Å². The molecular weight excluding hydrogens is 367 g/mol. The van der Waals surface area contributed by atoms with Crippen LogP contribution in [0.15, 0.2) is 45.8 Å². The van der Waals surface area contributed by atoms with Crippen LogP contribution in [0.4, 0.5) is 13.2 Å². The van der Waals surface area contributed by atoms with Gasteiger partial charge in [0.15, 0.2) is 5.82 Å². The second-order valence-corrected chi connectivity index (χ2v) is 5.52. The van der Waals surface area contributed by atoms with Crippen LogP contribution in [0.2, 0.25) is 0 Å². The van der Waals surface area contributed by atoms with Gasteiger partial charge in [-0.25, -0.2) is 4.79 Å². The zero-order chi connectivity index (χ0) is 19.4. The lowest BCUT2D eigenvalue weighted by Crippen LogP contribution is -2.07. The maximum Gasteiger partial charge on any atom is 0.439 e. The third-order valence-corrected chi connectivity index (χ3v) is 3.67. The second-order valence-electron chi connectivity index (χ2n) is 5.52. The lowest BCUT2D eigenvalue weighted by Gasteiger charge is -2.13. The molecule has 0 radical (unpaired) electrons. The summed E-state index contributed by atoms with van der Waals surface area (Å²) < 4.78 is 48.1. The first kappa shape index (κ1) is 18.6. The van der Waals surface area contributed by atoms with E-state index < -0.39 is 17.5 Å². The van der Waals surface area contributed by atoms with Crippen molar-refractivity contribution < 1.29 is 27.5 Å². The average molecular weight is 381 g/mol. The minimum Gasteiger partial charge on any atom is -0.490 e. The molecule has 0 unspecified atom stereocenters. The van der Waals surface area contributed by atoms with Crippen LogP contribution >= 0.6 is 0 Å². The summed E-state index contributed by atoms with van der Waals surface area (Å²) >= 11 is 0. The Balaban J connectivity index is 1.98. The Labute approximate surface area is 150 Å². The molecule has 27 heavy (non-hydrogen) atoms. The first-order valence-corrected chi connectivity index (χ1v) is 7.82. The van der Waals surface area contributed by atoms with Crippen LogP contribution in [0, 0.1) is 0 Å². The topological polar surface area (TPSA) is 101 Å². The average Bonchev–Trinajstić information content (AvgIpc) is 3.05. The third kappa shape index (κ3) is 4.34. The number of H-pyrrole nitrogens is 1. The number of nitrogens with zero attached hydrogens (tertiary/aromatic N) is 2. The summed E-state index contributed by atoms with van der Waals surface area (Å²) in [7, 11) is 0. The van der Waals surface area contributed by atoms with E-state index in [-0.39, 0.29) is 25.5 Å². The van der Waals surface area contributed by atoms with Gasteiger partial charge in [0.25, 0.3) is 0 Å². The molecule has 0 fully saturated rings. The van der Waals surface area contributed by atoms with E-state index in [0.29, 0.717) is 22.6 Å². The first-order valence-electron chi connectivity index (χ1n) is 7.82. The van der Waals surface area contributed by atoms with Gasteiger partial charge in [0.1, 0.15) is 12.4 Å². The van der Waals surface area contributed by atoms with Crippen LogP contribution in [0.1, 0.15) is 16.8 Å². The molecule has 0 amide bonds. The molecule has 10 heteroatoms. The Morgan fingerprint density at radius 3 is 2.52 bits per heavy atom. The number of aliphatic hydroxyl groups excluding tert-OH is 1. The predicted octanol–water partition coefficient (Wildman–Crippen LogP) is 2.41. The molecule has 0 bridgehead atoms. The molecule has 0 saturated carbocycles. The number of aromatic amines is 1. The van der Waals surface area contributed by atoms with Gasteiger partial charge >= 0.3 is 11.9 Å². The number of aromatic nitrogens is 3. The number of nitrogens with one attached hydrogen (secondary N) is 1. The van der Waals surface area contributed by atoms with Crippen LogP contribution in [0.3, 0.4) is 0 Å². The number of aliphatic hydroxyl groups is 1. The van der Waals surface area contributed by atoms with Crippen molar-refractivity contribution in [2.45, 2.75) is 12.6 Å². The molecule has 0 atom stereocenters. The molecule has 0 spiro atoms. The van der Waals surface area contributed by atoms with Crippen molar-refractivity contribution in [3.63, 3.8) is 0 Å². The molecule has 7 nitrogen and oxygen atoms in total. The van der Waals surface area contributed by atoms with Gasteiger partial charge in [-0.3, -0.25) is 14.5 Å². The van der Waals surface area contributed by atoms with Crippen molar-refractivity contribution in [1.29, 1.82) is 0 Å². The van der Waals surface area contributed by atoms with Crippen LogP contribution < -0.4 is 10.5 Å². The molecular formula is C17H14F3N3O4. The maximum atomic E-state index is 12.7. The van der Waals surface area contributed by atoms with Gasteiger partial charge in [0, 0.05) is 12.6 Å². The van der Waals surface area contributed by atoms with Crippen molar-refractivity contribution in [2.75, 3.05) is 13.2 Å². The van der Waals surface area contributed by atoms with Crippen LogP contribution in [-0.2, 0) is 12.6 Å². The number of halogens is 3. The van der Waals surface area contributed by atoms with E-state index in [2.05, 4.69) is 19.6 Å². The van der Waals surface area contributed by atoms with Gasteiger partial charge in [-0.1, -0.05) is 17.3 Å². The van der Waals surface area contributed by atoms with E-state index in [9.17, 15) is 18.0 Å². The van der Waals surface area contributed by atoms with Gasteiger partial charge in [-0.2, -0.15) is 13.2 Å². The van der Waals surface area contributed by atoms with Gasteiger partial charge in [0.05, 0.1) is 23.4 Å². The summed E-state index contributed by atoms with van der Waals surface area (Å²) in [5, 5.41) is 12.6. The number of pyridine rings is 1. The Hall–Kier alpha value is -3.14. The van der Waals surface area contributed by atoms with Crippen molar-refractivity contribution >= 4 is 0 Å². The molecule has 3 rings (SSSR count). The van der Waals surface area contributed by atoms with Crippen molar-refractivity contribution in [3.05, 3.63) is 63.9 Å². The Morgan fingerprint density at radius 2 is 1.93 bits per heavy atom. The van der Waals surface area contributed by atoms with Crippen LogP contribution in [0.5, 0.6) is 5.75 Å². The quantitative estimate of drug-likeness (QED) is 0.680. The zero-order valence-corrected chi connectivity index (χ0v) is 13.8. The Kier molecular flexibility index (Phi) is 5.26. The molecule has 3 aromatic rings. The van der Waals surface area contributed by atoms with E-state index in [1.54, 1.807) is 0 Å². The minimum absolute atomic E-state index is 0.00117. The largest absolute Gasteiger partial charge is 0.490 e. The SMILES string of the molecule is O=c1[nH]c(-c2c(OCCO)ccnc2Cc2ccc(C(F)(F)F)cc2)no1. The predicted molar refractivity (Wildman–Crippen MR) is 87.2 cm³/mol. The number of ether oxygens (including phenoxy) is 1. The summed E-state index contributed by atoms with van der Waals surface area (Å²) in [5.74, 6) is -0.407. The van der Waals surface area contributed by atoms with E-state index in [0.717, 1.165) is 12.1 Å². The monoisotopic (exact) mass is 381 g/mol. The normalized spacial score (nSPS) is 11.6. The molecule has 2 aromatic heterocycles. The fourth-order valence-electron chi connectivity index (χ4n) is 2.49. The lowest BCUT2D eigenvalue weighted by molar-refractivity contribution is -0.137. The number of hydrogen-bond acceptors (Lipinski definition) is 6. The number of alkyl halides is 3. The van der Waals surface area contributed by atoms with Crippen LogP contribution in [0.25, 0.3) is 11.4 Å². The van der Waals surface area contributed by atoms with Crippen molar-refractivity contribution in [3.8, 4) is 17.1 Å². The molecule has 142 valence electrons. The van der Waals surface area contributed by atoms with Gasteiger partial charge in [-0.15, -0.1) is 0 Å². The lowest BCUT2D eigenvalue weighted by atomic mass is 10.0. The maximum absolute atomic E-state index is 12.7. The highest BCUT2D eigenvalue weighted by molar-refractivity contribution is 5.66. The van der Waals surface area contributed by atoms with Crippen molar-refractivity contribution in [1.82, 2.24) is 15.1 Å². The molecule has 2 N–H and O–H groups in total. The summed E-state index contributed by atoms with van der Waals surface area (Å²) in [6, 6.07) is 6.19. The summed E-state index contributed by atoms with van der Waals surface area (Å²) in [5.41, 5.74) is 0.564. The highest BCUT2D eigenvalue weighted by Crippen LogP contribution is 2.32. The number of benzene rings is 1. The molecule has 0 aliphatic carbocycles. The molecule has 1 aromatic carbocycles. The molecule has 0 saturated heterocycles. The van der Waals surface area contributed by atoms with E-state index in [1.165, 1.54) is 24.4 Å². The fraction of sp³-hybridized carbons (Fsp3) is 0.235. The number of rotatable bonds is 6. The fourth-order valence-corrected chi connectivity index (χ4v) is 2.49. The van der Waals surface area contributed by atoms with E-state index >= 15 is 0 Å². The summed E-state index contributed by atoms with van der Waals surface area (Å²) in [4.78, 5) is 17.9. The zero-order valence-electron chi connectivity index (χ0n) is 13.8. The van der Waals surface area contributed by atoms with Crippen molar-refractivity contribution in [2.24, 2.45) is 0 Å². The second kappa shape index (κ2) is 7.62. The highest BCUT2D eigenvalue weighted by atomic mass is 19.4.